The number of carboxylic acid groups (broad SMARTS) is 1. The molecule has 1 atom stereocenters. The third kappa shape index (κ3) is 1.92. The number of likely N-dealkylation sites (N-methyl/N-ethyl adjacent to an activating group) is 1. The minimum atomic E-state index is -0.983. The molecule has 0 saturated heterocycles. The van der Waals surface area contributed by atoms with Crippen molar-refractivity contribution in [1.29, 1.82) is 0 Å². The number of anilines is 1. The van der Waals surface area contributed by atoms with E-state index in [1.54, 1.807) is 6.07 Å². The quantitative estimate of drug-likeness (QED) is 0.649. The largest absolute Gasteiger partial charge is 0.478 e. The van der Waals surface area contributed by atoms with Crippen LogP contribution in [-0.2, 0) is 5.41 Å². The lowest BCUT2D eigenvalue weighted by atomic mass is 9.76. The monoisotopic (exact) mass is 371 g/mol. The summed E-state index contributed by atoms with van der Waals surface area (Å²) in [6.07, 6.45) is 4.10. The molecule has 3 aromatic rings. The third-order valence-electron chi connectivity index (χ3n) is 6.34. The van der Waals surface area contributed by atoms with Gasteiger partial charge in [0.1, 0.15) is 11.3 Å². The SMILES string of the molecule is CN1c2ccccc2C(C)(C)C12C=Cc1c(c(C(=O)O)cc3ccccc13)O2. The molecule has 5 rings (SSSR count). The summed E-state index contributed by atoms with van der Waals surface area (Å²) >= 11 is 0. The molecule has 140 valence electrons. The molecule has 2 aliphatic rings. The Hall–Kier alpha value is -3.27. The Labute approximate surface area is 163 Å². The highest BCUT2D eigenvalue weighted by atomic mass is 16.5. The lowest BCUT2D eigenvalue weighted by Gasteiger charge is -2.46. The van der Waals surface area contributed by atoms with Crippen LogP contribution in [0, 0.1) is 0 Å². The molecule has 0 aromatic heterocycles. The lowest BCUT2D eigenvalue weighted by molar-refractivity contribution is 0.0529. The van der Waals surface area contributed by atoms with Crippen molar-refractivity contribution in [2.24, 2.45) is 0 Å². The maximum Gasteiger partial charge on any atom is 0.339 e. The van der Waals surface area contributed by atoms with Gasteiger partial charge in [-0.15, -0.1) is 0 Å². The van der Waals surface area contributed by atoms with Gasteiger partial charge in [-0.2, -0.15) is 0 Å². The number of hydrogen-bond acceptors (Lipinski definition) is 3. The van der Waals surface area contributed by atoms with Crippen molar-refractivity contribution in [2.75, 3.05) is 11.9 Å². The van der Waals surface area contributed by atoms with Gasteiger partial charge >= 0.3 is 5.97 Å². The predicted octanol–water partition coefficient (Wildman–Crippen LogP) is 5.07. The second-order valence-electron chi connectivity index (χ2n) is 8.03. The van der Waals surface area contributed by atoms with Crippen LogP contribution >= 0.6 is 0 Å². The zero-order valence-corrected chi connectivity index (χ0v) is 16.1. The Morgan fingerprint density at radius 3 is 2.54 bits per heavy atom. The standard InChI is InChI=1S/C24H21NO3/c1-23(2)19-10-6-7-11-20(19)25(3)24(23)13-12-17-16-9-5-4-8-15(16)14-18(22(26)27)21(17)28-24/h4-14H,1-3H3,(H,26,27). The first kappa shape index (κ1) is 16.9. The van der Waals surface area contributed by atoms with Gasteiger partial charge in [0.15, 0.2) is 0 Å². The highest BCUT2D eigenvalue weighted by Gasteiger charge is 2.57. The Morgan fingerprint density at radius 1 is 1.07 bits per heavy atom. The molecule has 1 unspecified atom stereocenters. The summed E-state index contributed by atoms with van der Waals surface area (Å²) in [6, 6.07) is 17.8. The Bertz CT molecular complexity index is 1180. The topological polar surface area (TPSA) is 49.8 Å². The maximum atomic E-state index is 12.1. The Balaban J connectivity index is 1.78. The minimum Gasteiger partial charge on any atom is -0.478 e. The van der Waals surface area contributed by atoms with Crippen molar-refractivity contribution >= 4 is 28.5 Å². The molecule has 4 heteroatoms. The molecule has 28 heavy (non-hydrogen) atoms. The van der Waals surface area contributed by atoms with Gasteiger partial charge in [0.2, 0.25) is 5.72 Å². The fourth-order valence-electron chi connectivity index (χ4n) is 4.78. The van der Waals surface area contributed by atoms with E-state index < -0.39 is 11.7 Å². The first-order valence-corrected chi connectivity index (χ1v) is 9.37. The molecule has 2 aliphatic heterocycles. The van der Waals surface area contributed by atoms with Gasteiger partial charge in [0.05, 0.1) is 5.41 Å². The van der Waals surface area contributed by atoms with E-state index in [9.17, 15) is 9.90 Å². The normalized spacial score (nSPS) is 21.5. The molecule has 1 N–H and O–H groups in total. The van der Waals surface area contributed by atoms with Crippen molar-refractivity contribution in [3.05, 3.63) is 77.4 Å². The molecule has 0 radical (unpaired) electrons. The van der Waals surface area contributed by atoms with Crippen molar-refractivity contribution in [3.8, 4) is 5.75 Å². The van der Waals surface area contributed by atoms with E-state index in [2.05, 4.69) is 37.0 Å². The van der Waals surface area contributed by atoms with Crippen LogP contribution in [0.4, 0.5) is 5.69 Å². The molecule has 0 saturated carbocycles. The fraction of sp³-hybridized carbons (Fsp3) is 0.208. The van der Waals surface area contributed by atoms with E-state index in [1.165, 1.54) is 5.56 Å². The third-order valence-corrected chi connectivity index (χ3v) is 6.34. The van der Waals surface area contributed by atoms with E-state index >= 15 is 0 Å². The molecule has 0 bridgehead atoms. The van der Waals surface area contributed by atoms with Crippen LogP contribution in [0.3, 0.4) is 0 Å². The molecular weight excluding hydrogens is 350 g/mol. The van der Waals surface area contributed by atoms with Gasteiger partial charge in [-0.05, 0) is 54.5 Å². The van der Waals surface area contributed by atoms with E-state index in [0.29, 0.717) is 5.75 Å². The number of rotatable bonds is 1. The van der Waals surface area contributed by atoms with Crippen LogP contribution in [0.25, 0.3) is 16.8 Å². The van der Waals surface area contributed by atoms with Gasteiger partial charge in [0.25, 0.3) is 0 Å². The van der Waals surface area contributed by atoms with E-state index in [1.807, 2.05) is 49.5 Å². The highest BCUT2D eigenvalue weighted by molar-refractivity contribution is 6.03. The number of carboxylic acids is 1. The highest BCUT2D eigenvalue weighted by Crippen LogP contribution is 2.55. The van der Waals surface area contributed by atoms with Crippen molar-refractivity contribution < 1.29 is 14.6 Å². The van der Waals surface area contributed by atoms with Gasteiger partial charge in [-0.1, -0.05) is 42.5 Å². The van der Waals surface area contributed by atoms with E-state index in [0.717, 1.165) is 22.0 Å². The zero-order chi connectivity index (χ0) is 19.7. The molecule has 1 spiro atoms. The predicted molar refractivity (Wildman–Crippen MR) is 111 cm³/mol. The Morgan fingerprint density at radius 2 is 1.79 bits per heavy atom. The minimum absolute atomic E-state index is 0.192. The summed E-state index contributed by atoms with van der Waals surface area (Å²) in [7, 11) is 2.00. The molecule has 3 aromatic carbocycles. The lowest BCUT2D eigenvalue weighted by Crippen LogP contribution is -2.58. The molecule has 0 aliphatic carbocycles. The molecule has 4 nitrogen and oxygen atoms in total. The zero-order valence-electron chi connectivity index (χ0n) is 16.1. The number of hydrogen-bond donors (Lipinski definition) is 1. The molecule has 0 fully saturated rings. The second-order valence-corrected chi connectivity index (χ2v) is 8.03. The van der Waals surface area contributed by atoms with E-state index in [4.69, 9.17) is 4.74 Å². The number of fused-ring (bicyclic) bond motifs is 4. The summed E-state index contributed by atoms with van der Waals surface area (Å²) < 4.78 is 6.65. The van der Waals surface area contributed by atoms with Crippen LogP contribution in [0.5, 0.6) is 5.75 Å². The second kappa shape index (κ2) is 5.38. The first-order chi connectivity index (χ1) is 13.4. The number of ether oxygens (including phenoxy) is 1. The van der Waals surface area contributed by atoms with E-state index in [-0.39, 0.29) is 11.0 Å². The van der Waals surface area contributed by atoms with Gasteiger partial charge in [-0.25, -0.2) is 4.79 Å². The molecule has 0 amide bonds. The number of benzene rings is 3. The van der Waals surface area contributed by atoms with Gasteiger partial charge in [0, 0.05) is 18.3 Å². The van der Waals surface area contributed by atoms with Gasteiger partial charge in [-0.3, -0.25) is 0 Å². The summed E-state index contributed by atoms with van der Waals surface area (Å²) in [6.45, 7) is 4.29. The number of para-hydroxylation sites is 1. The van der Waals surface area contributed by atoms with Crippen molar-refractivity contribution in [3.63, 3.8) is 0 Å². The summed E-state index contributed by atoms with van der Waals surface area (Å²) in [4.78, 5) is 14.2. The summed E-state index contributed by atoms with van der Waals surface area (Å²) in [5, 5.41) is 11.8. The van der Waals surface area contributed by atoms with Crippen LogP contribution in [0.2, 0.25) is 0 Å². The van der Waals surface area contributed by atoms with Crippen molar-refractivity contribution in [1.82, 2.24) is 0 Å². The summed E-state index contributed by atoms with van der Waals surface area (Å²) in [5.74, 6) is -0.551. The smallest absolute Gasteiger partial charge is 0.339 e. The van der Waals surface area contributed by atoms with Crippen LogP contribution < -0.4 is 9.64 Å². The average Bonchev–Trinajstić information content (AvgIpc) is 2.86. The Kier molecular flexibility index (Phi) is 3.24. The molecule has 2 heterocycles. The number of aromatic carboxylic acids is 1. The summed E-state index contributed by atoms with van der Waals surface area (Å²) in [5.41, 5.74) is 2.13. The van der Waals surface area contributed by atoms with Gasteiger partial charge < -0.3 is 14.7 Å². The van der Waals surface area contributed by atoms with Crippen LogP contribution in [-0.4, -0.2) is 23.8 Å². The first-order valence-electron chi connectivity index (χ1n) is 9.37. The van der Waals surface area contributed by atoms with Crippen LogP contribution in [0.15, 0.2) is 60.7 Å². The maximum absolute atomic E-state index is 12.1. The van der Waals surface area contributed by atoms with Crippen LogP contribution in [0.1, 0.15) is 35.3 Å². The molecular formula is C24H21NO3. The number of carbonyl (C=O) groups is 1. The number of nitrogens with zero attached hydrogens (tertiary/aromatic N) is 1. The van der Waals surface area contributed by atoms with Crippen molar-refractivity contribution in [2.45, 2.75) is 25.0 Å². The average molecular weight is 371 g/mol. The fourth-order valence-corrected chi connectivity index (χ4v) is 4.78.